The van der Waals surface area contributed by atoms with Gasteiger partial charge in [-0.25, -0.2) is 13.2 Å². The molecule has 25 heavy (non-hydrogen) atoms. The molecular weight excluding hydrogens is 348 g/mol. The van der Waals surface area contributed by atoms with Gasteiger partial charge < -0.3 is 14.8 Å². The molecular formula is C16H24N2O6S. The Hall–Kier alpha value is -1.97. The molecule has 1 aromatic rings. The first-order chi connectivity index (χ1) is 11.8. The molecule has 0 aromatic heterocycles. The second-order valence-electron chi connectivity index (χ2n) is 5.10. The molecule has 8 nitrogen and oxygen atoms in total. The smallest absolute Gasteiger partial charge is 0.332 e. The number of ether oxygens (including phenoxy) is 2. The van der Waals surface area contributed by atoms with Crippen LogP contribution in [0.5, 0.6) is 0 Å². The normalized spacial score (nSPS) is 11.4. The molecule has 1 aromatic carbocycles. The number of amides is 1. The lowest BCUT2D eigenvalue weighted by Crippen LogP contribution is -2.30. The van der Waals surface area contributed by atoms with Crippen molar-refractivity contribution in [1.29, 1.82) is 0 Å². The monoisotopic (exact) mass is 372 g/mol. The number of esters is 1. The van der Waals surface area contributed by atoms with Crippen molar-refractivity contribution in [3.63, 3.8) is 0 Å². The van der Waals surface area contributed by atoms with E-state index >= 15 is 0 Å². The van der Waals surface area contributed by atoms with Gasteiger partial charge in [-0.05, 0) is 17.7 Å². The first kappa shape index (κ1) is 21.1. The lowest BCUT2D eigenvalue weighted by Gasteiger charge is -2.18. The summed E-state index contributed by atoms with van der Waals surface area (Å²) in [5.74, 6) is -1.08. The number of nitrogens with one attached hydrogen (secondary N) is 1. The van der Waals surface area contributed by atoms with Gasteiger partial charge in [0.1, 0.15) is 6.61 Å². The molecule has 0 unspecified atom stereocenters. The van der Waals surface area contributed by atoms with E-state index in [2.05, 4.69) is 14.8 Å². The van der Waals surface area contributed by atoms with Crippen molar-refractivity contribution >= 4 is 21.9 Å². The number of hydrogen-bond donors (Lipinski definition) is 1. The summed E-state index contributed by atoms with van der Waals surface area (Å²) < 4.78 is 35.4. The minimum absolute atomic E-state index is 0.201. The van der Waals surface area contributed by atoms with Gasteiger partial charge in [0, 0.05) is 26.7 Å². The summed E-state index contributed by atoms with van der Waals surface area (Å²) in [5, 5.41) is 2.58. The van der Waals surface area contributed by atoms with Crippen molar-refractivity contribution in [3.05, 3.63) is 29.8 Å². The van der Waals surface area contributed by atoms with Crippen molar-refractivity contribution in [2.24, 2.45) is 0 Å². The van der Waals surface area contributed by atoms with Crippen LogP contribution >= 0.6 is 0 Å². The predicted octanol–water partition coefficient (Wildman–Crippen LogP) is 0.523. The Balaban J connectivity index is 2.57. The van der Waals surface area contributed by atoms with Crippen molar-refractivity contribution in [2.45, 2.75) is 25.3 Å². The summed E-state index contributed by atoms with van der Waals surface area (Å²) in [6, 6.07) is 6.28. The van der Waals surface area contributed by atoms with Crippen molar-refractivity contribution in [2.75, 3.05) is 33.4 Å². The third kappa shape index (κ3) is 6.45. The van der Waals surface area contributed by atoms with Gasteiger partial charge >= 0.3 is 5.97 Å². The maximum Gasteiger partial charge on any atom is 0.332 e. The summed E-state index contributed by atoms with van der Waals surface area (Å²) >= 11 is 0. The molecule has 9 heteroatoms. The van der Waals surface area contributed by atoms with Gasteiger partial charge in [0.05, 0.1) is 4.90 Å². The van der Waals surface area contributed by atoms with Gasteiger partial charge in [-0.15, -0.1) is 0 Å². The van der Waals surface area contributed by atoms with Gasteiger partial charge in [0.25, 0.3) is 5.91 Å². The summed E-state index contributed by atoms with van der Waals surface area (Å²) in [4.78, 5) is 22.9. The quantitative estimate of drug-likeness (QED) is 0.601. The maximum absolute atomic E-state index is 12.4. The summed E-state index contributed by atoms with van der Waals surface area (Å²) in [5.41, 5.74) is 0.732. The SMILES string of the molecule is CCN(CC)S(=O)(=O)c1ccc(CNC(=O)COC(=O)COC)cc1. The van der Waals surface area contributed by atoms with Crippen LogP contribution in [0.4, 0.5) is 0 Å². The Morgan fingerprint density at radius 1 is 1.08 bits per heavy atom. The van der Waals surface area contributed by atoms with E-state index in [0.717, 1.165) is 5.56 Å². The van der Waals surface area contributed by atoms with E-state index in [1.54, 1.807) is 26.0 Å². The zero-order valence-electron chi connectivity index (χ0n) is 14.6. The molecule has 0 radical (unpaired) electrons. The Labute approximate surface area is 148 Å². The number of carbonyl (C=O) groups is 2. The molecule has 1 rings (SSSR count). The minimum atomic E-state index is -3.50. The van der Waals surface area contributed by atoms with Crippen molar-refractivity contribution in [1.82, 2.24) is 9.62 Å². The molecule has 0 bridgehead atoms. The second-order valence-corrected chi connectivity index (χ2v) is 7.04. The lowest BCUT2D eigenvalue weighted by molar-refractivity contribution is -0.152. The first-order valence-electron chi connectivity index (χ1n) is 7.85. The fraction of sp³-hybridized carbons (Fsp3) is 0.500. The maximum atomic E-state index is 12.4. The highest BCUT2D eigenvalue weighted by Gasteiger charge is 2.21. The van der Waals surface area contributed by atoms with Gasteiger partial charge in [0.15, 0.2) is 6.61 Å². The number of nitrogens with zero attached hydrogens (tertiary/aromatic N) is 1. The van der Waals surface area contributed by atoms with Gasteiger partial charge in [-0.1, -0.05) is 26.0 Å². The second kappa shape index (κ2) is 10.1. The average Bonchev–Trinajstić information content (AvgIpc) is 2.59. The zero-order valence-corrected chi connectivity index (χ0v) is 15.5. The zero-order chi connectivity index (χ0) is 18.9. The van der Waals surface area contributed by atoms with Crippen LogP contribution in [0.3, 0.4) is 0 Å². The number of methoxy groups -OCH3 is 1. The average molecular weight is 372 g/mol. The lowest BCUT2D eigenvalue weighted by atomic mass is 10.2. The van der Waals surface area contributed by atoms with Crippen LogP contribution in [0.1, 0.15) is 19.4 Å². The van der Waals surface area contributed by atoms with E-state index in [4.69, 9.17) is 0 Å². The summed E-state index contributed by atoms with van der Waals surface area (Å²) in [7, 11) is -2.14. The number of benzene rings is 1. The highest BCUT2D eigenvalue weighted by Crippen LogP contribution is 2.16. The molecule has 0 aliphatic rings. The largest absolute Gasteiger partial charge is 0.454 e. The van der Waals surface area contributed by atoms with Crippen molar-refractivity contribution < 1.29 is 27.5 Å². The number of carbonyl (C=O) groups excluding carboxylic acids is 2. The molecule has 1 amide bonds. The van der Waals surface area contributed by atoms with Gasteiger partial charge in [-0.3, -0.25) is 4.79 Å². The molecule has 0 spiro atoms. The van der Waals surface area contributed by atoms with Gasteiger partial charge in [0.2, 0.25) is 10.0 Å². The third-order valence-electron chi connectivity index (χ3n) is 3.38. The minimum Gasteiger partial charge on any atom is -0.454 e. The van der Waals surface area contributed by atoms with Crippen molar-refractivity contribution in [3.8, 4) is 0 Å². The molecule has 1 N–H and O–H groups in total. The van der Waals surface area contributed by atoms with E-state index in [0.29, 0.717) is 13.1 Å². The Kier molecular flexibility index (Phi) is 8.53. The van der Waals surface area contributed by atoms with Crippen LogP contribution in [-0.2, 0) is 35.6 Å². The molecule has 0 atom stereocenters. The molecule has 140 valence electrons. The molecule has 0 heterocycles. The van der Waals surface area contributed by atoms with Crippen LogP contribution < -0.4 is 5.32 Å². The van der Waals surface area contributed by atoms with E-state index in [-0.39, 0.29) is 18.0 Å². The van der Waals surface area contributed by atoms with Crippen LogP contribution in [-0.4, -0.2) is 58.0 Å². The fourth-order valence-corrected chi connectivity index (χ4v) is 3.51. The molecule has 0 fully saturated rings. The Bertz CT molecular complexity index is 668. The van der Waals surface area contributed by atoms with E-state index in [9.17, 15) is 18.0 Å². The highest BCUT2D eigenvalue weighted by molar-refractivity contribution is 7.89. The van der Waals surface area contributed by atoms with Crippen LogP contribution in [0, 0.1) is 0 Å². The number of sulfonamides is 1. The van der Waals surface area contributed by atoms with Crippen LogP contribution in [0.2, 0.25) is 0 Å². The number of hydrogen-bond acceptors (Lipinski definition) is 6. The van der Waals surface area contributed by atoms with Crippen LogP contribution in [0.25, 0.3) is 0 Å². The standard InChI is InChI=1S/C16H24N2O6S/c1-4-18(5-2)25(21,22)14-8-6-13(7-9-14)10-17-15(19)11-24-16(20)12-23-3/h6-9H,4-5,10-12H2,1-3H3,(H,17,19). The number of rotatable bonds is 10. The third-order valence-corrected chi connectivity index (χ3v) is 5.45. The van der Waals surface area contributed by atoms with E-state index in [1.807, 2.05) is 0 Å². The Morgan fingerprint density at radius 3 is 2.20 bits per heavy atom. The van der Waals surface area contributed by atoms with Gasteiger partial charge in [-0.2, -0.15) is 4.31 Å². The molecule has 0 aliphatic carbocycles. The molecule has 0 aliphatic heterocycles. The molecule has 0 saturated carbocycles. The first-order valence-corrected chi connectivity index (χ1v) is 9.29. The Morgan fingerprint density at radius 2 is 1.68 bits per heavy atom. The van der Waals surface area contributed by atoms with E-state index < -0.39 is 28.5 Å². The molecule has 0 saturated heterocycles. The topological polar surface area (TPSA) is 102 Å². The predicted molar refractivity (Wildman–Crippen MR) is 91.2 cm³/mol. The summed E-state index contributed by atoms with van der Waals surface area (Å²) in [6.07, 6.45) is 0. The highest BCUT2D eigenvalue weighted by atomic mass is 32.2. The van der Waals surface area contributed by atoms with E-state index in [1.165, 1.54) is 23.5 Å². The fourth-order valence-electron chi connectivity index (χ4n) is 2.05. The summed E-state index contributed by atoms with van der Waals surface area (Å²) in [6.45, 7) is 3.96. The van der Waals surface area contributed by atoms with Crippen LogP contribution in [0.15, 0.2) is 29.2 Å².